The molecule has 8 nitrogen and oxygen atoms in total. The third-order valence-electron chi connectivity index (χ3n) is 4.93. The van der Waals surface area contributed by atoms with Gasteiger partial charge in [0.15, 0.2) is 0 Å². The van der Waals surface area contributed by atoms with Crippen LogP contribution in [0.4, 0.5) is 0 Å². The Bertz CT molecular complexity index is 798. The quantitative estimate of drug-likeness (QED) is 0.717. The molecule has 1 aromatic heterocycles. The van der Waals surface area contributed by atoms with Crippen molar-refractivity contribution in [2.24, 2.45) is 0 Å². The lowest BCUT2D eigenvalue weighted by atomic mass is 10.1. The molecule has 0 N–H and O–H groups in total. The van der Waals surface area contributed by atoms with Crippen molar-refractivity contribution >= 4 is 20.0 Å². The Morgan fingerprint density at radius 1 is 0.962 bits per heavy atom. The molecule has 0 aromatic carbocycles. The molecular weight excluding hydrogens is 378 g/mol. The van der Waals surface area contributed by atoms with Crippen LogP contribution < -0.4 is 0 Å². The van der Waals surface area contributed by atoms with Crippen LogP contribution >= 0.6 is 0 Å². The minimum atomic E-state index is -3.50. The first-order valence-electron chi connectivity index (χ1n) is 8.77. The summed E-state index contributed by atoms with van der Waals surface area (Å²) in [5, 5.41) is 0. The van der Waals surface area contributed by atoms with Crippen molar-refractivity contribution in [3.63, 3.8) is 0 Å². The van der Waals surface area contributed by atoms with E-state index in [9.17, 15) is 16.8 Å². The fraction of sp³-hybridized carbons (Fsp3) is 0.688. The lowest BCUT2D eigenvalue weighted by molar-refractivity contribution is -0.0519. The van der Waals surface area contributed by atoms with Crippen LogP contribution in [0.5, 0.6) is 0 Å². The SMILES string of the molecule is CS(=O)(=O)N1CCC(OC2CCN(S(=O)(=O)c3cccnc3)CC2)CC1. The van der Waals surface area contributed by atoms with E-state index in [0.29, 0.717) is 51.9 Å². The predicted molar refractivity (Wildman–Crippen MR) is 96.5 cm³/mol. The molecule has 1 aromatic rings. The number of hydrogen-bond donors (Lipinski definition) is 0. The van der Waals surface area contributed by atoms with E-state index < -0.39 is 20.0 Å². The molecule has 146 valence electrons. The average molecular weight is 404 g/mol. The maximum atomic E-state index is 12.6. The first-order valence-corrected chi connectivity index (χ1v) is 12.1. The van der Waals surface area contributed by atoms with Gasteiger partial charge in [0.1, 0.15) is 4.90 Å². The molecule has 10 heteroatoms. The van der Waals surface area contributed by atoms with Crippen molar-refractivity contribution in [1.29, 1.82) is 0 Å². The van der Waals surface area contributed by atoms with Gasteiger partial charge in [-0.15, -0.1) is 0 Å². The molecule has 0 aliphatic carbocycles. The lowest BCUT2D eigenvalue weighted by Crippen LogP contribution is -2.44. The first kappa shape index (κ1) is 19.7. The standard InChI is InChI=1S/C16H25N3O5S2/c1-25(20,21)18-9-4-14(5-10-18)24-15-6-11-19(12-7-15)26(22,23)16-3-2-8-17-13-16/h2-3,8,13-15H,4-7,9-12H2,1H3. The van der Waals surface area contributed by atoms with Crippen LogP contribution in [-0.2, 0) is 24.8 Å². The van der Waals surface area contributed by atoms with Gasteiger partial charge in [-0.3, -0.25) is 4.98 Å². The second-order valence-corrected chi connectivity index (χ2v) is 10.7. The number of nitrogens with zero attached hydrogens (tertiary/aromatic N) is 3. The summed E-state index contributed by atoms with van der Waals surface area (Å²) in [6.45, 7) is 1.81. The summed E-state index contributed by atoms with van der Waals surface area (Å²) >= 11 is 0. The summed E-state index contributed by atoms with van der Waals surface area (Å²) in [4.78, 5) is 4.10. The maximum Gasteiger partial charge on any atom is 0.244 e. The normalized spacial score (nSPS) is 22.5. The highest BCUT2D eigenvalue weighted by molar-refractivity contribution is 7.89. The highest BCUT2D eigenvalue weighted by Crippen LogP contribution is 2.25. The van der Waals surface area contributed by atoms with Gasteiger partial charge in [-0.05, 0) is 37.8 Å². The van der Waals surface area contributed by atoms with E-state index in [-0.39, 0.29) is 17.1 Å². The van der Waals surface area contributed by atoms with Gasteiger partial charge in [0.25, 0.3) is 0 Å². The van der Waals surface area contributed by atoms with E-state index in [1.165, 1.54) is 21.1 Å². The van der Waals surface area contributed by atoms with Gasteiger partial charge in [-0.1, -0.05) is 0 Å². The van der Waals surface area contributed by atoms with Crippen LogP contribution in [0.3, 0.4) is 0 Å². The van der Waals surface area contributed by atoms with E-state index in [0.717, 1.165) is 0 Å². The molecule has 0 radical (unpaired) electrons. The third-order valence-corrected chi connectivity index (χ3v) is 8.11. The summed E-state index contributed by atoms with van der Waals surface area (Å²) in [5.74, 6) is 0. The van der Waals surface area contributed by atoms with Crippen molar-refractivity contribution in [1.82, 2.24) is 13.6 Å². The second-order valence-electron chi connectivity index (χ2n) is 6.79. The zero-order valence-corrected chi connectivity index (χ0v) is 16.5. The molecule has 0 amide bonds. The Labute approximate surface area is 155 Å². The van der Waals surface area contributed by atoms with Crippen molar-refractivity contribution in [2.45, 2.75) is 42.8 Å². The molecule has 2 aliphatic rings. The summed E-state index contributed by atoms with van der Waals surface area (Å²) in [7, 11) is -6.63. The summed E-state index contributed by atoms with van der Waals surface area (Å²) in [5.41, 5.74) is 0. The molecule has 0 atom stereocenters. The molecule has 0 saturated carbocycles. The summed E-state index contributed by atoms with van der Waals surface area (Å²) in [6.07, 6.45) is 6.86. The van der Waals surface area contributed by atoms with Gasteiger partial charge in [0, 0.05) is 38.6 Å². The third kappa shape index (κ3) is 4.61. The molecule has 3 heterocycles. The smallest absolute Gasteiger partial charge is 0.244 e. The van der Waals surface area contributed by atoms with E-state index >= 15 is 0 Å². The zero-order valence-electron chi connectivity index (χ0n) is 14.8. The number of aromatic nitrogens is 1. The Balaban J connectivity index is 1.49. The van der Waals surface area contributed by atoms with Gasteiger partial charge in [0.2, 0.25) is 20.0 Å². The van der Waals surface area contributed by atoms with E-state index in [4.69, 9.17) is 4.74 Å². The summed E-state index contributed by atoms with van der Waals surface area (Å²) in [6, 6.07) is 3.17. The Morgan fingerprint density at radius 3 is 1.96 bits per heavy atom. The van der Waals surface area contributed by atoms with Crippen molar-refractivity contribution in [3.05, 3.63) is 24.5 Å². The van der Waals surface area contributed by atoms with Gasteiger partial charge < -0.3 is 4.74 Å². The van der Waals surface area contributed by atoms with Gasteiger partial charge in [0.05, 0.1) is 18.5 Å². The highest BCUT2D eigenvalue weighted by Gasteiger charge is 2.32. The first-order chi connectivity index (χ1) is 12.3. The molecule has 2 saturated heterocycles. The van der Waals surface area contributed by atoms with Gasteiger partial charge in [-0.2, -0.15) is 4.31 Å². The molecular formula is C16H25N3O5S2. The molecule has 0 unspecified atom stereocenters. The van der Waals surface area contributed by atoms with Crippen LogP contribution in [0.25, 0.3) is 0 Å². The Hall–Kier alpha value is -1.07. The highest BCUT2D eigenvalue weighted by atomic mass is 32.2. The Kier molecular flexibility index (Phi) is 5.97. The number of sulfonamides is 2. The molecule has 3 rings (SSSR count). The van der Waals surface area contributed by atoms with E-state index in [1.807, 2.05) is 0 Å². The van der Waals surface area contributed by atoms with Crippen LogP contribution in [-0.4, -0.2) is 75.1 Å². The van der Waals surface area contributed by atoms with Crippen molar-refractivity contribution < 1.29 is 21.6 Å². The van der Waals surface area contributed by atoms with Crippen LogP contribution in [0.15, 0.2) is 29.4 Å². The van der Waals surface area contributed by atoms with Gasteiger partial charge in [-0.25, -0.2) is 21.1 Å². The Morgan fingerprint density at radius 2 is 1.50 bits per heavy atom. The van der Waals surface area contributed by atoms with Crippen molar-refractivity contribution in [2.75, 3.05) is 32.4 Å². The van der Waals surface area contributed by atoms with Crippen molar-refractivity contribution in [3.8, 4) is 0 Å². The van der Waals surface area contributed by atoms with Crippen LogP contribution in [0.2, 0.25) is 0 Å². The van der Waals surface area contributed by atoms with E-state index in [1.54, 1.807) is 18.3 Å². The molecule has 2 aliphatic heterocycles. The zero-order chi connectivity index (χ0) is 18.8. The fourth-order valence-corrected chi connectivity index (χ4v) is 5.74. The average Bonchev–Trinajstić information content (AvgIpc) is 2.63. The maximum absolute atomic E-state index is 12.6. The fourth-order valence-electron chi connectivity index (χ4n) is 3.43. The topological polar surface area (TPSA) is 96.9 Å². The number of ether oxygens (including phenoxy) is 1. The molecule has 26 heavy (non-hydrogen) atoms. The monoisotopic (exact) mass is 403 g/mol. The lowest BCUT2D eigenvalue weighted by Gasteiger charge is -2.36. The largest absolute Gasteiger partial charge is 0.375 e. The minimum absolute atomic E-state index is 0.0186. The predicted octanol–water partition coefficient (Wildman–Crippen LogP) is 0.675. The second kappa shape index (κ2) is 7.89. The molecule has 0 bridgehead atoms. The number of rotatable bonds is 5. The van der Waals surface area contributed by atoms with E-state index in [2.05, 4.69) is 4.98 Å². The number of pyridine rings is 1. The molecule has 2 fully saturated rings. The van der Waals surface area contributed by atoms with Crippen LogP contribution in [0, 0.1) is 0 Å². The molecule has 0 spiro atoms. The van der Waals surface area contributed by atoms with Gasteiger partial charge >= 0.3 is 0 Å². The number of hydrogen-bond acceptors (Lipinski definition) is 6. The minimum Gasteiger partial charge on any atom is -0.375 e. The summed E-state index contributed by atoms with van der Waals surface area (Å²) < 4.78 is 57.4. The van der Waals surface area contributed by atoms with Crippen LogP contribution in [0.1, 0.15) is 25.7 Å². The number of piperidine rings is 2.